The highest BCUT2D eigenvalue weighted by Gasteiger charge is 2.41. The summed E-state index contributed by atoms with van der Waals surface area (Å²) in [5, 5.41) is 8.95. The number of hydrogen-bond donors (Lipinski definition) is 1. The summed E-state index contributed by atoms with van der Waals surface area (Å²) in [4.78, 5) is 22.2. The molecule has 1 atom stereocenters. The second kappa shape index (κ2) is 6.40. The predicted octanol–water partition coefficient (Wildman–Crippen LogP) is 1.07. The lowest BCUT2D eigenvalue weighted by Crippen LogP contribution is -2.37. The molecule has 0 fully saturated rings. The third kappa shape index (κ3) is 3.87. The van der Waals surface area contributed by atoms with Crippen molar-refractivity contribution in [3.05, 3.63) is 0 Å². The maximum absolute atomic E-state index is 11.3. The fourth-order valence-corrected chi connectivity index (χ4v) is 1.19. The first kappa shape index (κ1) is 13.9. The molecule has 15 heavy (non-hydrogen) atoms. The molecule has 0 aromatic rings. The lowest BCUT2D eigenvalue weighted by atomic mass is 9.86. The molecule has 5 nitrogen and oxygen atoms in total. The van der Waals surface area contributed by atoms with Crippen molar-refractivity contribution in [3.8, 4) is 0 Å². The highest BCUT2D eigenvalue weighted by Crippen LogP contribution is 2.25. The molecule has 88 valence electrons. The summed E-state index contributed by atoms with van der Waals surface area (Å²) in [6.45, 7) is 4.27. The number of hydrogen-bond acceptors (Lipinski definition) is 4. The van der Waals surface area contributed by atoms with Gasteiger partial charge in [0.15, 0.2) is 5.41 Å². The van der Waals surface area contributed by atoms with E-state index in [4.69, 9.17) is 9.84 Å². The molecule has 0 heterocycles. The maximum atomic E-state index is 11.3. The molecule has 0 aliphatic rings. The highest BCUT2D eigenvalue weighted by atomic mass is 16.5. The molecular weight excluding hydrogens is 200 g/mol. The largest absolute Gasteiger partial charge is 0.480 e. The van der Waals surface area contributed by atoms with Gasteiger partial charge in [-0.2, -0.15) is 0 Å². The third-order valence-electron chi connectivity index (χ3n) is 2.28. The van der Waals surface area contributed by atoms with Crippen LogP contribution in [0.25, 0.3) is 0 Å². The SMILES string of the molecule is CCOCCCC(C)(C(=O)O)C(=O)OC. The number of carboxylic acid groups (broad SMARTS) is 1. The van der Waals surface area contributed by atoms with Crippen LogP contribution in [0.2, 0.25) is 0 Å². The molecule has 0 spiro atoms. The predicted molar refractivity (Wildman–Crippen MR) is 53.5 cm³/mol. The van der Waals surface area contributed by atoms with Crippen molar-refractivity contribution in [2.24, 2.45) is 5.41 Å². The van der Waals surface area contributed by atoms with E-state index >= 15 is 0 Å². The summed E-state index contributed by atoms with van der Waals surface area (Å²) in [6.07, 6.45) is 0.737. The van der Waals surface area contributed by atoms with Gasteiger partial charge in [0.25, 0.3) is 0 Å². The second-order valence-electron chi connectivity index (χ2n) is 3.43. The zero-order valence-electron chi connectivity index (χ0n) is 9.41. The Morgan fingerprint density at radius 3 is 2.40 bits per heavy atom. The van der Waals surface area contributed by atoms with Gasteiger partial charge in [-0.25, -0.2) is 0 Å². The number of rotatable bonds is 7. The Morgan fingerprint density at radius 2 is 2.00 bits per heavy atom. The monoisotopic (exact) mass is 218 g/mol. The molecule has 0 saturated heterocycles. The Morgan fingerprint density at radius 1 is 1.40 bits per heavy atom. The van der Waals surface area contributed by atoms with Gasteiger partial charge in [-0.05, 0) is 26.7 Å². The molecule has 0 radical (unpaired) electrons. The highest BCUT2D eigenvalue weighted by molar-refractivity contribution is 5.98. The van der Waals surface area contributed by atoms with Crippen molar-refractivity contribution in [1.29, 1.82) is 0 Å². The van der Waals surface area contributed by atoms with Gasteiger partial charge in [0, 0.05) is 13.2 Å². The van der Waals surface area contributed by atoms with Crippen molar-refractivity contribution in [2.45, 2.75) is 26.7 Å². The normalized spacial score (nSPS) is 14.3. The van der Waals surface area contributed by atoms with Crippen molar-refractivity contribution in [3.63, 3.8) is 0 Å². The van der Waals surface area contributed by atoms with Gasteiger partial charge in [0.2, 0.25) is 0 Å². The van der Waals surface area contributed by atoms with E-state index in [1.54, 1.807) is 0 Å². The van der Waals surface area contributed by atoms with Crippen molar-refractivity contribution < 1.29 is 24.2 Å². The Hall–Kier alpha value is -1.10. The lowest BCUT2D eigenvalue weighted by Gasteiger charge is -2.21. The molecule has 1 unspecified atom stereocenters. The Bertz CT molecular complexity index is 226. The maximum Gasteiger partial charge on any atom is 0.322 e. The summed E-state index contributed by atoms with van der Waals surface area (Å²) in [7, 11) is 1.19. The number of methoxy groups -OCH3 is 1. The zero-order chi connectivity index (χ0) is 11.9. The van der Waals surface area contributed by atoms with Gasteiger partial charge < -0.3 is 14.6 Å². The van der Waals surface area contributed by atoms with Gasteiger partial charge >= 0.3 is 11.9 Å². The Labute approximate surface area is 89.4 Å². The number of esters is 1. The summed E-state index contributed by atoms with van der Waals surface area (Å²) in [5.74, 6) is -1.88. The van der Waals surface area contributed by atoms with E-state index in [0.717, 1.165) is 0 Å². The van der Waals surface area contributed by atoms with Gasteiger partial charge in [-0.3, -0.25) is 9.59 Å². The van der Waals surface area contributed by atoms with E-state index in [-0.39, 0.29) is 6.42 Å². The van der Waals surface area contributed by atoms with Crippen molar-refractivity contribution in [2.75, 3.05) is 20.3 Å². The first-order chi connectivity index (χ1) is 6.99. The van der Waals surface area contributed by atoms with Crippen LogP contribution in [0.3, 0.4) is 0 Å². The molecule has 0 amide bonds. The van der Waals surface area contributed by atoms with Crippen LogP contribution in [0, 0.1) is 5.41 Å². The molecular formula is C10H18O5. The molecule has 0 saturated carbocycles. The number of ether oxygens (including phenoxy) is 2. The fraction of sp³-hybridized carbons (Fsp3) is 0.800. The molecule has 0 bridgehead atoms. The van der Waals surface area contributed by atoms with Crippen LogP contribution in [-0.2, 0) is 19.1 Å². The average Bonchev–Trinajstić information content (AvgIpc) is 2.22. The van der Waals surface area contributed by atoms with E-state index in [1.807, 2.05) is 6.92 Å². The third-order valence-corrected chi connectivity index (χ3v) is 2.28. The van der Waals surface area contributed by atoms with E-state index < -0.39 is 17.4 Å². The van der Waals surface area contributed by atoms with Crippen molar-refractivity contribution >= 4 is 11.9 Å². The summed E-state index contributed by atoms with van der Waals surface area (Å²) in [6, 6.07) is 0. The lowest BCUT2D eigenvalue weighted by molar-refractivity contribution is -0.166. The van der Waals surface area contributed by atoms with Gasteiger partial charge in [0.05, 0.1) is 7.11 Å². The number of aliphatic carboxylic acids is 1. The van der Waals surface area contributed by atoms with Crippen LogP contribution >= 0.6 is 0 Å². The van der Waals surface area contributed by atoms with Gasteiger partial charge in [-0.15, -0.1) is 0 Å². The van der Waals surface area contributed by atoms with Crippen LogP contribution < -0.4 is 0 Å². The second-order valence-corrected chi connectivity index (χ2v) is 3.43. The minimum atomic E-state index is -1.47. The van der Waals surface area contributed by atoms with E-state index in [1.165, 1.54) is 14.0 Å². The molecule has 0 aromatic heterocycles. The van der Waals surface area contributed by atoms with Crippen LogP contribution in [-0.4, -0.2) is 37.4 Å². The first-order valence-electron chi connectivity index (χ1n) is 4.88. The van der Waals surface area contributed by atoms with E-state index in [0.29, 0.717) is 19.6 Å². The van der Waals surface area contributed by atoms with Gasteiger partial charge in [-0.1, -0.05) is 0 Å². The van der Waals surface area contributed by atoms with Gasteiger partial charge in [0.1, 0.15) is 0 Å². The standard InChI is InChI=1S/C10H18O5/c1-4-15-7-5-6-10(2,8(11)12)9(13)14-3/h4-7H2,1-3H3,(H,11,12). The van der Waals surface area contributed by atoms with E-state index in [9.17, 15) is 9.59 Å². The summed E-state index contributed by atoms with van der Waals surface area (Å²) >= 11 is 0. The van der Waals surface area contributed by atoms with Crippen LogP contribution in [0.15, 0.2) is 0 Å². The molecule has 0 aromatic carbocycles. The smallest absolute Gasteiger partial charge is 0.322 e. The first-order valence-corrected chi connectivity index (χ1v) is 4.88. The Kier molecular flexibility index (Phi) is 5.93. The molecule has 0 aliphatic heterocycles. The summed E-state index contributed by atoms with van der Waals surface area (Å²) < 4.78 is 9.55. The number of carbonyl (C=O) groups is 2. The van der Waals surface area contributed by atoms with Crippen LogP contribution in [0.5, 0.6) is 0 Å². The zero-order valence-corrected chi connectivity index (χ0v) is 9.41. The molecule has 0 aliphatic carbocycles. The molecule has 1 N–H and O–H groups in total. The van der Waals surface area contributed by atoms with Crippen molar-refractivity contribution in [1.82, 2.24) is 0 Å². The molecule has 0 rings (SSSR count). The quantitative estimate of drug-likeness (QED) is 0.393. The van der Waals surface area contributed by atoms with Crippen LogP contribution in [0.1, 0.15) is 26.7 Å². The summed E-state index contributed by atoms with van der Waals surface area (Å²) in [5.41, 5.74) is -1.47. The minimum Gasteiger partial charge on any atom is -0.480 e. The minimum absolute atomic E-state index is 0.217. The number of carboxylic acids is 1. The molecule has 5 heteroatoms. The number of carbonyl (C=O) groups excluding carboxylic acids is 1. The topological polar surface area (TPSA) is 72.8 Å². The van der Waals surface area contributed by atoms with Crippen LogP contribution in [0.4, 0.5) is 0 Å². The fourth-order valence-electron chi connectivity index (χ4n) is 1.19. The Balaban J connectivity index is 4.27. The average molecular weight is 218 g/mol. The van der Waals surface area contributed by atoms with E-state index in [2.05, 4.69) is 4.74 Å².